The van der Waals surface area contributed by atoms with Gasteiger partial charge in [0, 0.05) is 18.8 Å². The van der Waals surface area contributed by atoms with Crippen molar-refractivity contribution >= 4 is 27.7 Å². The van der Waals surface area contributed by atoms with Crippen molar-refractivity contribution in [3.05, 3.63) is 94.8 Å². The Labute approximate surface area is 169 Å². The second kappa shape index (κ2) is 7.97. The molecule has 29 heavy (non-hydrogen) atoms. The molecule has 3 aromatic rings. The van der Waals surface area contributed by atoms with Crippen molar-refractivity contribution in [1.29, 1.82) is 0 Å². The SMILES string of the molecule is O=C(c1ccco1)N1CCc2ccc(NS(=O)(=O)/C=C/c3ccccc3)cc2C1. The Kier molecular flexibility index (Phi) is 5.22. The van der Waals surface area contributed by atoms with Gasteiger partial charge in [-0.25, -0.2) is 8.42 Å². The normalized spacial score (nSPS) is 14.0. The zero-order chi connectivity index (χ0) is 20.3. The highest BCUT2D eigenvalue weighted by Crippen LogP contribution is 2.24. The van der Waals surface area contributed by atoms with Crippen molar-refractivity contribution in [2.24, 2.45) is 0 Å². The van der Waals surface area contributed by atoms with Crippen LogP contribution in [-0.2, 0) is 23.0 Å². The van der Waals surface area contributed by atoms with Crippen LogP contribution in [0, 0.1) is 0 Å². The summed E-state index contributed by atoms with van der Waals surface area (Å²) >= 11 is 0. The molecule has 1 aliphatic heterocycles. The molecule has 0 bridgehead atoms. The van der Waals surface area contributed by atoms with Crippen molar-refractivity contribution in [2.75, 3.05) is 11.3 Å². The second-order valence-electron chi connectivity index (χ2n) is 6.80. The summed E-state index contributed by atoms with van der Waals surface area (Å²) in [7, 11) is -3.65. The maximum atomic E-state index is 12.5. The zero-order valence-electron chi connectivity index (χ0n) is 15.6. The summed E-state index contributed by atoms with van der Waals surface area (Å²) in [6, 6.07) is 18.0. The van der Waals surface area contributed by atoms with Gasteiger partial charge >= 0.3 is 0 Å². The van der Waals surface area contributed by atoms with Gasteiger partial charge in [0.05, 0.1) is 11.7 Å². The van der Waals surface area contributed by atoms with E-state index in [9.17, 15) is 13.2 Å². The van der Waals surface area contributed by atoms with E-state index < -0.39 is 10.0 Å². The quantitative estimate of drug-likeness (QED) is 0.695. The van der Waals surface area contributed by atoms with Crippen LogP contribution in [0.4, 0.5) is 5.69 Å². The highest BCUT2D eigenvalue weighted by atomic mass is 32.2. The van der Waals surface area contributed by atoms with Crippen LogP contribution in [-0.4, -0.2) is 25.8 Å². The summed E-state index contributed by atoms with van der Waals surface area (Å²) in [5.41, 5.74) is 3.30. The van der Waals surface area contributed by atoms with E-state index in [2.05, 4.69) is 4.72 Å². The lowest BCUT2D eigenvalue weighted by atomic mass is 9.99. The van der Waals surface area contributed by atoms with E-state index in [0.717, 1.165) is 22.1 Å². The second-order valence-corrected chi connectivity index (χ2v) is 8.36. The van der Waals surface area contributed by atoms with E-state index in [1.165, 1.54) is 6.26 Å². The van der Waals surface area contributed by atoms with E-state index in [1.807, 2.05) is 36.4 Å². The number of nitrogens with one attached hydrogen (secondary N) is 1. The van der Waals surface area contributed by atoms with Crippen LogP contribution in [0.5, 0.6) is 0 Å². The number of amides is 1. The topological polar surface area (TPSA) is 79.6 Å². The van der Waals surface area contributed by atoms with Crippen molar-refractivity contribution in [3.8, 4) is 0 Å². The van der Waals surface area contributed by atoms with Gasteiger partial charge in [-0.05, 0) is 53.5 Å². The minimum Gasteiger partial charge on any atom is -0.459 e. The van der Waals surface area contributed by atoms with E-state index in [4.69, 9.17) is 4.42 Å². The average molecular weight is 408 g/mol. The van der Waals surface area contributed by atoms with E-state index in [1.54, 1.807) is 35.2 Å². The molecule has 1 amide bonds. The third-order valence-corrected chi connectivity index (χ3v) is 5.75. The van der Waals surface area contributed by atoms with E-state index >= 15 is 0 Å². The summed E-state index contributed by atoms with van der Waals surface area (Å²) in [6.45, 7) is 1.00. The first kappa shape index (κ1) is 19.0. The predicted octanol–water partition coefficient (Wildman–Crippen LogP) is 3.89. The van der Waals surface area contributed by atoms with Crippen LogP contribution in [0.25, 0.3) is 6.08 Å². The van der Waals surface area contributed by atoms with Gasteiger partial charge in [0.1, 0.15) is 0 Å². The Morgan fingerprint density at radius 2 is 1.86 bits per heavy atom. The van der Waals surface area contributed by atoms with Gasteiger partial charge < -0.3 is 9.32 Å². The van der Waals surface area contributed by atoms with E-state index in [0.29, 0.717) is 31.0 Å². The number of carbonyl (C=O) groups excluding carboxylic acids is 1. The Hall–Kier alpha value is -3.32. The first-order chi connectivity index (χ1) is 14.0. The predicted molar refractivity (Wildman–Crippen MR) is 112 cm³/mol. The van der Waals surface area contributed by atoms with Crippen LogP contribution >= 0.6 is 0 Å². The molecule has 0 unspecified atom stereocenters. The number of nitrogens with zero attached hydrogens (tertiary/aromatic N) is 1. The molecule has 0 fully saturated rings. The molecule has 4 rings (SSSR count). The number of rotatable bonds is 5. The lowest BCUT2D eigenvalue weighted by Gasteiger charge is -2.28. The fourth-order valence-electron chi connectivity index (χ4n) is 3.28. The van der Waals surface area contributed by atoms with Crippen molar-refractivity contribution in [3.63, 3.8) is 0 Å². The third kappa shape index (κ3) is 4.57. The molecule has 6 nitrogen and oxygen atoms in total. The zero-order valence-corrected chi connectivity index (χ0v) is 16.4. The molecule has 1 N–H and O–H groups in total. The van der Waals surface area contributed by atoms with Crippen LogP contribution in [0.1, 0.15) is 27.2 Å². The van der Waals surface area contributed by atoms with Crippen LogP contribution in [0.2, 0.25) is 0 Å². The number of sulfonamides is 1. The van der Waals surface area contributed by atoms with Gasteiger partial charge in [-0.3, -0.25) is 9.52 Å². The third-order valence-electron chi connectivity index (χ3n) is 4.74. The van der Waals surface area contributed by atoms with Gasteiger partial charge in [0.25, 0.3) is 15.9 Å². The largest absolute Gasteiger partial charge is 0.459 e. The number of benzene rings is 2. The molecule has 2 heterocycles. The van der Waals surface area contributed by atoms with Gasteiger partial charge in [0.15, 0.2) is 5.76 Å². The Morgan fingerprint density at radius 1 is 1.03 bits per heavy atom. The van der Waals surface area contributed by atoms with Crippen LogP contribution in [0.3, 0.4) is 0 Å². The number of furan rings is 1. The van der Waals surface area contributed by atoms with Crippen LogP contribution in [0.15, 0.2) is 76.8 Å². The van der Waals surface area contributed by atoms with E-state index in [-0.39, 0.29) is 5.91 Å². The van der Waals surface area contributed by atoms with Gasteiger partial charge in [-0.15, -0.1) is 0 Å². The number of fused-ring (bicyclic) bond motifs is 1. The van der Waals surface area contributed by atoms with Gasteiger partial charge in [-0.2, -0.15) is 0 Å². The number of anilines is 1. The first-order valence-electron chi connectivity index (χ1n) is 9.21. The Balaban J connectivity index is 1.49. The average Bonchev–Trinajstić information content (AvgIpc) is 3.27. The van der Waals surface area contributed by atoms with Crippen LogP contribution < -0.4 is 4.72 Å². The number of carbonyl (C=O) groups is 1. The lowest BCUT2D eigenvalue weighted by molar-refractivity contribution is 0.0702. The smallest absolute Gasteiger partial charge is 0.289 e. The summed E-state index contributed by atoms with van der Waals surface area (Å²) in [6.07, 6.45) is 3.73. The highest BCUT2D eigenvalue weighted by Gasteiger charge is 2.23. The number of hydrogen-bond donors (Lipinski definition) is 1. The molecule has 7 heteroatoms. The van der Waals surface area contributed by atoms with Crippen molar-refractivity contribution in [2.45, 2.75) is 13.0 Å². The molecular weight excluding hydrogens is 388 g/mol. The highest BCUT2D eigenvalue weighted by molar-refractivity contribution is 7.95. The maximum Gasteiger partial charge on any atom is 0.289 e. The molecule has 148 valence electrons. The molecule has 0 radical (unpaired) electrons. The molecule has 1 aromatic heterocycles. The fourth-order valence-corrected chi connectivity index (χ4v) is 4.14. The number of hydrogen-bond acceptors (Lipinski definition) is 4. The molecule has 0 atom stereocenters. The molecule has 1 aliphatic rings. The molecule has 0 saturated carbocycles. The standard InChI is InChI=1S/C22H20N2O4S/c25-22(21-7-4-13-28-21)24-12-10-18-8-9-20(15-19(18)16-24)23-29(26,27)14-11-17-5-2-1-3-6-17/h1-9,11,13-15,23H,10,12,16H2/b14-11+. The Bertz CT molecular complexity index is 1140. The summed E-state index contributed by atoms with van der Waals surface area (Å²) in [5.74, 6) is 0.133. The fraction of sp³-hybridized carbons (Fsp3) is 0.136. The van der Waals surface area contributed by atoms with Gasteiger partial charge in [0.2, 0.25) is 0 Å². The van der Waals surface area contributed by atoms with Crippen molar-refractivity contribution < 1.29 is 17.6 Å². The summed E-state index contributed by atoms with van der Waals surface area (Å²) in [5, 5.41) is 1.15. The minimum absolute atomic E-state index is 0.169. The molecule has 0 spiro atoms. The minimum atomic E-state index is -3.65. The molecule has 2 aromatic carbocycles. The summed E-state index contributed by atoms with van der Waals surface area (Å²) in [4.78, 5) is 14.2. The lowest BCUT2D eigenvalue weighted by Crippen LogP contribution is -2.35. The van der Waals surface area contributed by atoms with Crippen molar-refractivity contribution in [1.82, 2.24) is 4.90 Å². The van der Waals surface area contributed by atoms with Gasteiger partial charge in [-0.1, -0.05) is 36.4 Å². The summed E-state index contributed by atoms with van der Waals surface area (Å²) < 4.78 is 32.6. The molecular formula is C22H20N2O4S. The maximum absolute atomic E-state index is 12.5. The molecule has 0 aliphatic carbocycles. The Morgan fingerprint density at radius 3 is 2.62 bits per heavy atom. The first-order valence-corrected chi connectivity index (χ1v) is 10.8. The monoisotopic (exact) mass is 408 g/mol. The molecule has 0 saturated heterocycles.